The molecule has 0 saturated carbocycles. The van der Waals surface area contributed by atoms with Gasteiger partial charge in [0.15, 0.2) is 0 Å². The van der Waals surface area contributed by atoms with Gasteiger partial charge in [0.05, 0.1) is 0 Å². The predicted octanol–water partition coefficient (Wildman–Crippen LogP) is 2.05. The fourth-order valence-electron chi connectivity index (χ4n) is 2.90. The fraction of sp³-hybridized carbons (Fsp3) is 0.625. The fourth-order valence-corrected chi connectivity index (χ4v) is 3.98. The number of hydrogen-bond acceptors (Lipinski definition) is 3. The van der Waals surface area contributed by atoms with Crippen molar-refractivity contribution in [3.05, 3.63) is 35.9 Å². The van der Waals surface area contributed by atoms with E-state index in [0.29, 0.717) is 6.54 Å². The van der Waals surface area contributed by atoms with Crippen molar-refractivity contribution >= 4 is 10.2 Å². The van der Waals surface area contributed by atoms with Gasteiger partial charge in [-0.1, -0.05) is 36.8 Å². The number of benzene rings is 1. The van der Waals surface area contributed by atoms with Crippen LogP contribution < -0.4 is 9.44 Å². The number of rotatable bonds is 7. The van der Waals surface area contributed by atoms with Gasteiger partial charge < -0.3 is 0 Å². The number of nitrogens with one attached hydrogen (secondary N) is 2. The predicted molar refractivity (Wildman–Crippen MR) is 89.8 cm³/mol. The van der Waals surface area contributed by atoms with Crippen LogP contribution in [0.25, 0.3) is 0 Å². The van der Waals surface area contributed by atoms with Crippen molar-refractivity contribution in [1.82, 2.24) is 14.3 Å². The molecule has 1 aliphatic heterocycles. The van der Waals surface area contributed by atoms with Crippen molar-refractivity contribution in [3.63, 3.8) is 0 Å². The third kappa shape index (κ3) is 5.35. The Bertz CT molecular complexity index is 540. The lowest BCUT2D eigenvalue weighted by Gasteiger charge is -2.35. The summed E-state index contributed by atoms with van der Waals surface area (Å²) >= 11 is 0. The minimum Gasteiger partial charge on any atom is -0.295 e. The first-order valence-electron chi connectivity index (χ1n) is 8.04. The summed E-state index contributed by atoms with van der Waals surface area (Å²) in [7, 11) is -3.45. The van der Waals surface area contributed by atoms with E-state index in [1.165, 1.54) is 19.3 Å². The smallest absolute Gasteiger partial charge is 0.277 e. The van der Waals surface area contributed by atoms with Gasteiger partial charge in [0.2, 0.25) is 0 Å². The van der Waals surface area contributed by atoms with Crippen molar-refractivity contribution in [3.8, 4) is 0 Å². The van der Waals surface area contributed by atoms with E-state index in [2.05, 4.69) is 26.5 Å². The first kappa shape index (κ1) is 17.4. The molecule has 1 aromatic carbocycles. The van der Waals surface area contributed by atoms with Gasteiger partial charge >= 0.3 is 0 Å². The van der Waals surface area contributed by atoms with Crippen LogP contribution in [0.4, 0.5) is 0 Å². The van der Waals surface area contributed by atoms with Crippen LogP contribution in [0.15, 0.2) is 30.3 Å². The summed E-state index contributed by atoms with van der Waals surface area (Å²) in [6, 6.07) is 10.1. The maximum Gasteiger partial charge on any atom is 0.277 e. The normalized spacial score (nSPS) is 18.5. The Labute approximate surface area is 134 Å². The van der Waals surface area contributed by atoms with E-state index in [1.54, 1.807) is 0 Å². The molecule has 0 spiro atoms. The number of nitrogens with zero attached hydrogens (tertiary/aromatic N) is 1. The average molecular weight is 325 g/mol. The molecule has 2 N–H and O–H groups in total. The maximum atomic E-state index is 12.0. The van der Waals surface area contributed by atoms with Crippen molar-refractivity contribution < 1.29 is 8.42 Å². The molecular weight excluding hydrogens is 298 g/mol. The number of hydrogen-bond donors (Lipinski definition) is 2. The number of piperidine rings is 1. The zero-order chi connectivity index (χ0) is 16.0. The Morgan fingerprint density at radius 1 is 1.09 bits per heavy atom. The molecule has 0 aliphatic carbocycles. The molecule has 2 rings (SSSR count). The summed E-state index contributed by atoms with van der Waals surface area (Å²) < 4.78 is 29.3. The lowest BCUT2D eigenvalue weighted by Crippen LogP contribution is -2.45. The summed E-state index contributed by atoms with van der Waals surface area (Å²) in [6.45, 7) is 6.08. The second-order valence-corrected chi connectivity index (χ2v) is 7.68. The zero-order valence-corrected chi connectivity index (χ0v) is 14.3. The third-order valence-corrected chi connectivity index (χ3v) is 5.20. The van der Waals surface area contributed by atoms with Crippen molar-refractivity contribution in [2.75, 3.05) is 19.6 Å². The SMILES string of the molecule is CC(C)NS(=O)(=O)NCC(c1ccccc1)N1CCCCC1. The summed E-state index contributed by atoms with van der Waals surface area (Å²) in [5.41, 5.74) is 1.16. The molecule has 1 heterocycles. The van der Waals surface area contributed by atoms with Crippen LogP contribution >= 0.6 is 0 Å². The highest BCUT2D eigenvalue weighted by molar-refractivity contribution is 7.87. The highest BCUT2D eigenvalue weighted by atomic mass is 32.2. The van der Waals surface area contributed by atoms with Crippen LogP contribution in [0.1, 0.15) is 44.7 Å². The molecule has 1 unspecified atom stereocenters. The molecule has 1 aliphatic rings. The van der Waals surface area contributed by atoms with Crippen LogP contribution in [0.2, 0.25) is 0 Å². The average Bonchev–Trinajstić information content (AvgIpc) is 2.48. The van der Waals surface area contributed by atoms with Gasteiger partial charge in [-0.3, -0.25) is 4.90 Å². The lowest BCUT2D eigenvalue weighted by molar-refractivity contribution is 0.164. The molecule has 1 atom stereocenters. The van der Waals surface area contributed by atoms with Gasteiger partial charge in [0.1, 0.15) is 0 Å². The Hall–Kier alpha value is -0.950. The molecule has 0 aromatic heterocycles. The molecular formula is C16H27N3O2S. The molecule has 1 aromatic rings. The summed E-state index contributed by atoms with van der Waals surface area (Å²) in [6.07, 6.45) is 3.62. The molecule has 124 valence electrons. The van der Waals surface area contributed by atoms with Crippen LogP contribution in [-0.4, -0.2) is 39.0 Å². The van der Waals surface area contributed by atoms with Gasteiger partial charge in [0.25, 0.3) is 10.2 Å². The lowest BCUT2D eigenvalue weighted by atomic mass is 10.0. The van der Waals surface area contributed by atoms with E-state index in [1.807, 2.05) is 32.0 Å². The Morgan fingerprint density at radius 3 is 2.32 bits per heavy atom. The quantitative estimate of drug-likeness (QED) is 0.806. The highest BCUT2D eigenvalue weighted by Crippen LogP contribution is 2.24. The Kier molecular flexibility index (Phi) is 6.37. The maximum absolute atomic E-state index is 12.0. The zero-order valence-electron chi connectivity index (χ0n) is 13.5. The van der Waals surface area contributed by atoms with E-state index >= 15 is 0 Å². The topological polar surface area (TPSA) is 61.4 Å². The van der Waals surface area contributed by atoms with Gasteiger partial charge in [-0.2, -0.15) is 13.1 Å². The second kappa shape index (κ2) is 8.06. The molecule has 0 bridgehead atoms. The van der Waals surface area contributed by atoms with Crippen LogP contribution in [0.3, 0.4) is 0 Å². The Balaban J connectivity index is 2.08. The first-order chi connectivity index (χ1) is 10.5. The molecule has 1 fully saturated rings. The summed E-state index contributed by atoms with van der Waals surface area (Å²) in [5, 5.41) is 0. The van der Waals surface area contributed by atoms with Gasteiger partial charge in [0, 0.05) is 18.6 Å². The molecule has 1 saturated heterocycles. The molecule has 0 amide bonds. The molecule has 5 nitrogen and oxygen atoms in total. The van der Waals surface area contributed by atoms with Gasteiger partial charge in [-0.05, 0) is 45.3 Å². The molecule has 0 radical (unpaired) electrons. The summed E-state index contributed by atoms with van der Waals surface area (Å²) in [4.78, 5) is 2.39. The van der Waals surface area contributed by atoms with Crippen molar-refractivity contribution in [2.45, 2.75) is 45.2 Å². The van der Waals surface area contributed by atoms with Crippen LogP contribution in [0.5, 0.6) is 0 Å². The van der Waals surface area contributed by atoms with Gasteiger partial charge in [-0.25, -0.2) is 4.72 Å². The molecule has 22 heavy (non-hydrogen) atoms. The van der Waals surface area contributed by atoms with E-state index in [4.69, 9.17) is 0 Å². The Morgan fingerprint density at radius 2 is 1.73 bits per heavy atom. The van der Waals surface area contributed by atoms with Crippen molar-refractivity contribution in [2.24, 2.45) is 0 Å². The first-order valence-corrected chi connectivity index (χ1v) is 9.52. The van der Waals surface area contributed by atoms with E-state index in [9.17, 15) is 8.42 Å². The summed E-state index contributed by atoms with van der Waals surface area (Å²) in [5.74, 6) is 0. The van der Waals surface area contributed by atoms with Gasteiger partial charge in [-0.15, -0.1) is 0 Å². The number of likely N-dealkylation sites (tertiary alicyclic amines) is 1. The minimum absolute atomic E-state index is 0.0882. The third-order valence-electron chi connectivity index (χ3n) is 3.87. The van der Waals surface area contributed by atoms with Crippen molar-refractivity contribution in [1.29, 1.82) is 0 Å². The van der Waals surface area contributed by atoms with E-state index in [-0.39, 0.29) is 12.1 Å². The second-order valence-electron chi connectivity index (χ2n) is 6.15. The van der Waals surface area contributed by atoms with Crippen LogP contribution in [-0.2, 0) is 10.2 Å². The largest absolute Gasteiger partial charge is 0.295 e. The molecule has 6 heteroatoms. The van der Waals surface area contributed by atoms with E-state index in [0.717, 1.165) is 18.7 Å². The van der Waals surface area contributed by atoms with E-state index < -0.39 is 10.2 Å². The highest BCUT2D eigenvalue weighted by Gasteiger charge is 2.24. The standard InChI is InChI=1S/C16H27N3O2S/c1-14(2)18-22(20,21)17-13-16(15-9-5-3-6-10-15)19-11-7-4-8-12-19/h3,5-6,9-10,14,16-18H,4,7-8,11-13H2,1-2H3. The minimum atomic E-state index is -3.45. The monoisotopic (exact) mass is 325 g/mol. The van der Waals surface area contributed by atoms with Crippen LogP contribution in [0, 0.1) is 0 Å².